The number of ketones is 4. The van der Waals surface area contributed by atoms with E-state index in [1.165, 1.54) is 11.8 Å². The standard InChI is InChI=1S/C15H17NO2.C14H14O2S/c1-16(2)10-13-14(17)8-12(9-15(13)18)11-6-4-3-5-7-11;1-17-9-12-13(15)7-11(8-14(12)16)10-5-3-2-4-6-10/h3-7,10,12H,8-9H2,1-2H3;2-6,9,11H,7-8H2,1H3. The Labute approximate surface area is 211 Å². The lowest BCUT2D eigenvalue weighted by molar-refractivity contribution is -0.126. The van der Waals surface area contributed by atoms with Crippen LogP contribution >= 0.6 is 11.8 Å². The van der Waals surface area contributed by atoms with E-state index >= 15 is 0 Å². The molecule has 0 heterocycles. The van der Waals surface area contributed by atoms with E-state index in [4.69, 9.17) is 0 Å². The van der Waals surface area contributed by atoms with E-state index in [0.717, 1.165) is 11.1 Å². The van der Waals surface area contributed by atoms with E-state index in [-0.39, 0.29) is 35.0 Å². The van der Waals surface area contributed by atoms with Crippen molar-refractivity contribution in [1.29, 1.82) is 0 Å². The third-order valence-corrected chi connectivity index (χ3v) is 6.57. The first-order valence-corrected chi connectivity index (χ1v) is 12.9. The van der Waals surface area contributed by atoms with Gasteiger partial charge in [0.05, 0.1) is 11.1 Å². The van der Waals surface area contributed by atoms with Crippen LogP contribution in [0.25, 0.3) is 0 Å². The molecule has 2 fully saturated rings. The van der Waals surface area contributed by atoms with Crippen molar-refractivity contribution < 1.29 is 19.2 Å². The molecular weight excluding hydrogens is 458 g/mol. The van der Waals surface area contributed by atoms with E-state index in [9.17, 15) is 19.2 Å². The number of hydrogen-bond acceptors (Lipinski definition) is 6. The van der Waals surface area contributed by atoms with E-state index in [0.29, 0.717) is 36.8 Å². The molecule has 0 atom stereocenters. The SMILES string of the molecule is CN(C)C=C1C(=O)CC(c2ccccc2)CC1=O.CSC=C1C(=O)CC(c2ccccc2)CC1=O. The highest BCUT2D eigenvalue weighted by Gasteiger charge is 2.32. The fraction of sp³-hybridized carbons (Fsp3) is 0.310. The Morgan fingerprint density at radius 1 is 0.657 bits per heavy atom. The number of nitrogens with zero attached hydrogens (tertiary/aromatic N) is 1. The van der Waals surface area contributed by atoms with Crippen molar-refractivity contribution in [2.75, 3.05) is 20.4 Å². The second-order valence-electron chi connectivity index (χ2n) is 9.00. The van der Waals surface area contributed by atoms with Crippen LogP contribution in [0.1, 0.15) is 48.6 Å². The van der Waals surface area contributed by atoms with Crippen molar-refractivity contribution in [2.24, 2.45) is 0 Å². The zero-order valence-electron chi connectivity index (χ0n) is 20.4. The highest BCUT2D eigenvalue weighted by atomic mass is 32.2. The summed E-state index contributed by atoms with van der Waals surface area (Å²) in [4.78, 5) is 49.5. The maximum atomic E-state index is 12.0. The summed E-state index contributed by atoms with van der Waals surface area (Å²) in [6, 6.07) is 19.6. The molecular formula is C29H31NO4S. The molecule has 0 aromatic heterocycles. The normalized spacial score (nSPS) is 20.2. The molecule has 2 aliphatic carbocycles. The predicted octanol–water partition coefficient (Wildman–Crippen LogP) is 5.10. The molecule has 0 radical (unpaired) electrons. The van der Waals surface area contributed by atoms with E-state index in [2.05, 4.69) is 0 Å². The summed E-state index contributed by atoms with van der Waals surface area (Å²) in [7, 11) is 3.63. The van der Waals surface area contributed by atoms with E-state index < -0.39 is 0 Å². The predicted molar refractivity (Wildman–Crippen MR) is 140 cm³/mol. The van der Waals surface area contributed by atoms with Crippen LogP contribution < -0.4 is 0 Å². The van der Waals surface area contributed by atoms with Crippen molar-refractivity contribution >= 4 is 34.9 Å². The van der Waals surface area contributed by atoms with Crippen molar-refractivity contribution in [3.8, 4) is 0 Å². The van der Waals surface area contributed by atoms with Gasteiger partial charge in [0.15, 0.2) is 23.1 Å². The van der Waals surface area contributed by atoms with E-state index in [1.54, 1.807) is 16.5 Å². The fourth-order valence-electron chi connectivity index (χ4n) is 4.36. The summed E-state index contributed by atoms with van der Waals surface area (Å²) >= 11 is 1.41. The summed E-state index contributed by atoms with van der Waals surface area (Å²) < 4.78 is 0. The van der Waals surface area contributed by atoms with Gasteiger partial charge in [-0.2, -0.15) is 0 Å². The van der Waals surface area contributed by atoms with Crippen molar-refractivity contribution in [3.63, 3.8) is 0 Å². The van der Waals surface area contributed by atoms with Gasteiger partial charge >= 0.3 is 0 Å². The lowest BCUT2D eigenvalue weighted by Crippen LogP contribution is -2.26. The Morgan fingerprint density at radius 2 is 1.03 bits per heavy atom. The molecule has 0 bridgehead atoms. The van der Waals surface area contributed by atoms with Crippen molar-refractivity contribution in [3.05, 3.63) is 94.5 Å². The Balaban J connectivity index is 0.000000196. The summed E-state index contributed by atoms with van der Waals surface area (Å²) in [6.45, 7) is 0. The van der Waals surface area contributed by atoms with Gasteiger partial charge in [0.2, 0.25) is 0 Å². The fourth-order valence-corrected chi connectivity index (χ4v) is 4.86. The number of thioether (sulfide) groups is 1. The third-order valence-electron chi connectivity index (χ3n) is 6.09. The number of rotatable bonds is 4. The molecule has 182 valence electrons. The molecule has 0 amide bonds. The number of allylic oxidation sites excluding steroid dienone is 2. The van der Waals surface area contributed by atoms with Gasteiger partial charge in [0, 0.05) is 46.0 Å². The maximum absolute atomic E-state index is 12.0. The lowest BCUT2D eigenvalue weighted by atomic mass is 9.80. The minimum Gasteiger partial charge on any atom is -0.383 e. The van der Waals surface area contributed by atoms with Gasteiger partial charge in [-0.1, -0.05) is 60.7 Å². The van der Waals surface area contributed by atoms with Crippen LogP contribution in [0.15, 0.2) is 83.4 Å². The molecule has 4 rings (SSSR count). The number of hydrogen-bond donors (Lipinski definition) is 0. The molecule has 0 spiro atoms. The first-order valence-electron chi connectivity index (χ1n) is 11.6. The number of carbonyl (C=O) groups is 4. The average Bonchev–Trinajstić information content (AvgIpc) is 2.85. The van der Waals surface area contributed by atoms with Gasteiger partial charge in [0.1, 0.15) is 0 Å². The Morgan fingerprint density at radius 3 is 1.37 bits per heavy atom. The summed E-state index contributed by atoms with van der Waals surface area (Å²) in [5.41, 5.74) is 2.87. The molecule has 0 N–H and O–H groups in total. The Bertz CT molecular complexity index is 1100. The number of Topliss-reactive ketones (excluding diaryl/α,β-unsaturated/α-hetero) is 4. The summed E-state index contributed by atoms with van der Waals surface area (Å²) in [6.07, 6.45) is 5.23. The van der Waals surface area contributed by atoms with Crippen LogP contribution in [0.4, 0.5) is 0 Å². The monoisotopic (exact) mass is 489 g/mol. The minimum atomic E-state index is -0.0474. The molecule has 2 aliphatic rings. The molecule has 6 heteroatoms. The van der Waals surface area contributed by atoms with Crippen molar-refractivity contribution in [2.45, 2.75) is 37.5 Å². The maximum Gasteiger partial charge on any atom is 0.168 e. The second-order valence-corrected chi connectivity index (χ2v) is 9.71. The van der Waals surface area contributed by atoms with Crippen LogP contribution in [0.3, 0.4) is 0 Å². The molecule has 2 saturated carbocycles. The average molecular weight is 490 g/mol. The van der Waals surface area contributed by atoms with Gasteiger partial charge in [0.25, 0.3) is 0 Å². The molecule has 0 unspecified atom stereocenters. The zero-order chi connectivity index (χ0) is 25.4. The van der Waals surface area contributed by atoms with Crippen LogP contribution in [0, 0.1) is 0 Å². The zero-order valence-corrected chi connectivity index (χ0v) is 21.2. The van der Waals surface area contributed by atoms with Gasteiger partial charge in [-0.3, -0.25) is 19.2 Å². The van der Waals surface area contributed by atoms with E-state index in [1.807, 2.05) is 81.0 Å². The Kier molecular flexibility index (Phi) is 9.38. The molecule has 5 nitrogen and oxygen atoms in total. The second kappa shape index (κ2) is 12.5. The van der Waals surface area contributed by atoms with Gasteiger partial charge in [-0.15, -0.1) is 11.8 Å². The minimum absolute atomic E-state index is 0.0237. The first kappa shape index (κ1) is 26.4. The first-order chi connectivity index (χ1) is 16.8. The smallest absolute Gasteiger partial charge is 0.168 e. The number of benzene rings is 2. The summed E-state index contributed by atoms with van der Waals surface area (Å²) in [5, 5.41) is 1.67. The topological polar surface area (TPSA) is 71.5 Å². The number of carbonyl (C=O) groups excluding carboxylic acids is 4. The van der Waals surface area contributed by atoms with Gasteiger partial charge < -0.3 is 4.90 Å². The van der Waals surface area contributed by atoms with Gasteiger partial charge in [-0.05, 0) is 34.6 Å². The highest BCUT2D eigenvalue weighted by Crippen LogP contribution is 2.32. The van der Waals surface area contributed by atoms with Crippen LogP contribution in [-0.4, -0.2) is 48.4 Å². The van der Waals surface area contributed by atoms with Gasteiger partial charge in [-0.25, -0.2) is 0 Å². The lowest BCUT2D eigenvalue weighted by Gasteiger charge is -2.23. The van der Waals surface area contributed by atoms with Crippen LogP contribution in [-0.2, 0) is 19.2 Å². The van der Waals surface area contributed by atoms with Crippen LogP contribution in [0.5, 0.6) is 0 Å². The molecule has 35 heavy (non-hydrogen) atoms. The highest BCUT2D eigenvalue weighted by molar-refractivity contribution is 8.01. The van der Waals surface area contributed by atoms with Crippen molar-refractivity contribution in [1.82, 2.24) is 4.90 Å². The molecule has 0 aliphatic heterocycles. The summed E-state index contributed by atoms with van der Waals surface area (Å²) in [5.74, 6) is -0.0581. The molecule has 0 saturated heterocycles. The quantitative estimate of drug-likeness (QED) is 0.440. The molecule has 2 aromatic carbocycles. The molecule has 2 aromatic rings. The Hall–Kier alpha value is -3.25. The largest absolute Gasteiger partial charge is 0.383 e. The third kappa shape index (κ3) is 7.12. The van der Waals surface area contributed by atoms with Crippen LogP contribution in [0.2, 0.25) is 0 Å².